The van der Waals surface area contributed by atoms with Crippen LogP contribution in [0.25, 0.3) is 16.2 Å². The van der Waals surface area contributed by atoms with Crippen molar-refractivity contribution in [3.8, 4) is 10.6 Å². The van der Waals surface area contributed by atoms with Gasteiger partial charge in [0.25, 0.3) is 5.91 Å². The maximum absolute atomic E-state index is 12.9. The van der Waals surface area contributed by atoms with E-state index < -0.39 is 0 Å². The summed E-state index contributed by atoms with van der Waals surface area (Å²) in [6.07, 6.45) is 3.42. The number of rotatable bonds is 2. The molecule has 0 radical (unpaired) electrons. The van der Waals surface area contributed by atoms with Crippen LogP contribution in [0.15, 0.2) is 36.0 Å². The highest BCUT2D eigenvalue weighted by molar-refractivity contribution is 7.13. The smallest absolute Gasteiger partial charge is 0.259 e. The molecule has 24 heavy (non-hydrogen) atoms. The zero-order chi connectivity index (χ0) is 16.7. The van der Waals surface area contributed by atoms with Crippen molar-refractivity contribution in [2.75, 3.05) is 13.1 Å². The minimum Gasteiger partial charge on any atom is -0.372 e. The first-order chi connectivity index (χ1) is 11.6. The van der Waals surface area contributed by atoms with Gasteiger partial charge in [0.1, 0.15) is 5.56 Å². The molecule has 2 unspecified atom stereocenters. The van der Waals surface area contributed by atoms with Gasteiger partial charge in [0.05, 0.1) is 29.0 Å². The number of hydrogen-bond donors (Lipinski definition) is 0. The fraction of sp³-hybridized carbons (Fsp3) is 0.353. The average Bonchev–Trinajstić information content (AvgIpc) is 3.22. The zero-order valence-corrected chi connectivity index (χ0v) is 14.4. The number of morpholine rings is 1. The summed E-state index contributed by atoms with van der Waals surface area (Å²) in [5.41, 5.74) is 2.07. The second kappa shape index (κ2) is 5.99. The van der Waals surface area contributed by atoms with Gasteiger partial charge in [0.15, 0.2) is 5.65 Å². The summed E-state index contributed by atoms with van der Waals surface area (Å²) >= 11 is 1.64. The van der Waals surface area contributed by atoms with Crippen molar-refractivity contribution in [1.29, 1.82) is 0 Å². The molecule has 1 amide bonds. The largest absolute Gasteiger partial charge is 0.372 e. The molecule has 0 spiro atoms. The first-order valence-corrected chi connectivity index (χ1v) is 8.83. The maximum atomic E-state index is 12.9. The van der Waals surface area contributed by atoms with Crippen molar-refractivity contribution in [2.24, 2.45) is 0 Å². The second-order valence-corrected chi connectivity index (χ2v) is 7.02. The van der Waals surface area contributed by atoms with Gasteiger partial charge in [0.2, 0.25) is 0 Å². The summed E-state index contributed by atoms with van der Waals surface area (Å²) in [6, 6.07) is 5.95. The van der Waals surface area contributed by atoms with Gasteiger partial charge >= 0.3 is 0 Å². The molecular formula is C17H18N4O2S. The third kappa shape index (κ3) is 2.59. The van der Waals surface area contributed by atoms with Gasteiger partial charge < -0.3 is 9.64 Å². The molecule has 3 aromatic rings. The van der Waals surface area contributed by atoms with Gasteiger partial charge in [-0.25, -0.2) is 9.50 Å². The van der Waals surface area contributed by atoms with Crippen LogP contribution in [-0.2, 0) is 4.74 Å². The summed E-state index contributed by atoms with van der Waals surface area (Å²) in [5, 5.41) is 6.43. The third-order valence-corrected chi connectivity index (χ3v) is 5.00. The lowest BCUT2D eigenvalue weighted by Gasteiger charge is -2.35. The topological polar surface area (TPSA) is 59.7 Å². The molecule has 1 fully saturated rings. The second-order valence-electron chi connectivity index (χ2n) is 6.07. The van der Waals surface area contributed by atoms with Gasteiger partial charge in [-0.3, -0.25) is 4.79 Å². The molecule has 0 bridgehead atoms. The maximum Gasteiger partial charge on any atom is 0.259 e. The number of hydrogen-bond acceptors (Lipinski definition) is 5. The minimum absolute atomic E-state index is 0.0363. The first kappa shape index (κ1) is 15.3. The van der Waals surface area contributed by atoms with Crippen molar-refractivity contribution in [3.63, 3.8) is 0 Å². The molecule has 1 saturated heterocycles. The third-order valence-electron chi connectivity index (χ3n) is 4.11. The van der Waals surface area contributed by atoms with Crippen LogP contribution in [0, 0.1) is 0 Å². The van der Waals surface area contributed by atoms with Gasteiger partial charge in [0, 0.05) is 19.3 Å². The SMILES string of the molecule is CC1CN(C(=O)c2cnn3c(-c4cccs4)ccnc23)CC(C)O1. The molecule has 1 aliphatic rings. The number of amides is 1. The van der Waals surface area contributed by atoms with Gasteiger partial charge in [-0.05, 0) is 31.4 Å². The fourth-order valence-electron chi connectivity index (χ4n) is 3.17. The van der Waals surface area contributed by atoms with E-state index in [0.29, 0.717) is 24.3 Å². The van der Waals surface area contributed by atoms with Crippen molar-refractivity contribution >= 4 is 22.9 Å². The quantitative estimate of drug-likeness (QED) is 0.718. The van der Waals surface area contributed by atoms with E-state index in [1.165, 1.54) is 0 Å². The standard InChI is InChI=1S/C17H18N4O2S/c1-11-9-20(10-12(2)23-11)17(22)13-8-19-21-14(5-6-18-16(13)21)15-4-3-7-24-15/h3-8,11-12H,9-10H2,1-2H3. The molecule has 0 aliphatic carbocycles. The number of thiophene rings is 1. The number of nitrogens with zero attached hydrogens (tertiary/aromatic N) is 4. The molecule has 4 rings (SSSR count). The zero-order valence-electron chi connectivity index (χ0n) is 13.5. The van der Waals surface area contributed by atoms with Crippen LogP contribution in [-0.4, -0.2) is 50.7 Å². The van der Waals surface area contributed by atoms with E-state index in [1.807, 2.05) is 42.3 Å². The molecule has 124 valence electrons. The Morgan fingerprint density at radius 3 is 2.79 bits per heavy atom. The number of aromatic nitrogens is 3. The summed E-state index contributed by atoms with van der Waals surface area (Å²) < 4.78 is 7.45. The van der Waals surface area contributed by atoms with Crippen molar-refractivity contribution in [1.82, 2.24) is 19.5 Å². The molecular weight excluding hydrogens is 324 g/mol. The van der Waals surface area contributed by atoms with Gasteiger partial charge in [-0.2, -0.15) is 5.10 Å². The van der Waals surface area contributed by atoms with Crippen molar-refractivity contribution in [3.05, 3.63) is 41.5 Å². The number of fused-ring (bicyclic) bond motifs is 1. The van der Waals surface area contributed by atoms with E-state index in [1.54, 1.807) is 28.2 Å². The molecule has 2 atom stereocenters. The van der Waals surface area contributed by atoms with Gasteiger partial charge in [-0.15, -0.1) is 11.3 Å². The van der Waals surface area contributed by atoms with E-state index >= 15 is 0 Å². The predicted octanol–water partition coefficient (Wildman–Crippen LogP) is 2.71. The monoisotopic (exact) mass is 342 g/mol. The van der Waals surface area contributed by atoms with Crippen molar-refractivity contribution in [2.45, 2.75) is 26.1 Å². The normalized spacial score (nSPS) is 21.3. The highest BCUT2D eigenvalue weighted by Gasteiger charge is 2.28. The molecule has 3 aromatic heterocycles. The lowest BCUT2D eigenvalue weighted by molar-refractivity contribution is -0.0585. The van der Waals surface area contributed by atoms with E-state index in [-0.39, 0.29) is 18.1 Å². The summed E-state index contributed by atoms with van der Waals surface area (Å²) in [4.78, 5) is 20.3. The Morgan fingerprint density at radius 1 is 1.29 bits per heavy atom. The Hall–Kier alpha value is -2.25. The Kier molecular flexibility index (Phi) is 3.82. The molecule has 0 saturated carbocycles. The minimum atomic E-state index is -0.0390. The Bertz CT molecular complexity index is 864. The van der Waals surface area contributed by atoms with Crippen LogP contribution >= 0.6 is 11.3 Å². The van der Waals surface area contributed by atoms with Crippen LogP contribution in [0.1, 0.15) is 24.2 Å². The number of carbonyl (C=O) groups excluding carboxylic acids is 1. The predicted molar refractivity (Wildman–Crippen MR) is 92.2 cm³/mol. The molecule has 1 aliphatic heterocycles. The van der Waals surface area contributed by atoms with Crippen LogP contribution in [0.4, 0.5) is 0 Å². The Morgan fingerprint density at radius 2 is 2.08 bits per heavy atom. The highest BCUT2D eigenvalue weighted by Crippen LogP contribution is 2.26. The number of ether oxygens (including phenoxy) is 1. The molecule has 6 nitrogen and oxygen atoms in total. The summed E-state index contributed by atoms with van der Waals surface area (Å²) in [6.45, 7) is 5.15. The van der Waals surface area contributed by atoms with Crippen LogP contribution in [0.3, 0.4) is 0 Å². The molecule has 0 aromatic carbocycles. The van der Waals surface area contributed by atoms with Gasteiger partial charge in [-0.1, -0.05) is 6.07 Å². The Balaban J connectivity index is 1.73. The highest BCUT2D eigenvalue weighted by atomic mass is 32.1. The molecule has 4 heterocycles. The van der Waals surface area contributed by atoms with Crippen LogP contribution in [0.2, 0.25) is 0 Å². The molecule has 0 N–H and O–H groups in total. The fourth-order valence-corrected chi connectivity index (χ4v) is 3.90. The summed E-state index contributed by atoms with van der Waals surface area (Å²) in [5.74, 6) is -0.0390. The first-order valence-electron chi connectivity index (χ1n) is 7.95. The van der Waals surface area contributed by atoms with E-state index in [9.17, 15) is 4.79 Å². The molecule has 7 heteroatoms. The van der Waals surface area contributed by atoms with E-state index in [4.69, 9.17) is 4.74 Å². The summed E-state index contributed by atoms with van der Waals surface area (Å²) in [7, 11) is 0. The van der Waals surface area contributed by atoms with E-state index in [0.717, 1.165) is 10.6 Å². The number of carbonyl (C=O) groups is 1. The lowest BCUT2D eigenvalue weighted by atomic mass is 10.2. The van der Waals surface area contributed by atoms with Crippen LogP contribution in [0.5, 0.6) is 0 Å². The lowest BCUT2D eigenvalue weighted by Crippen LogP contribution is -2.48. The van der Waals surface area contributed by atoms with E-state index in [2.05, 4.69) is 10.1 Å². The Labute approximate surface area is 143 Å². The van der Waals surface area contributed by atoms with Crippen LogP contribution < -0.4 is 0 Å². The van der Waals surface area contributed by atoms with Crippen molar-refractivity contribution < 1.29 is 9.53 Å². The average molecular weight is 342 g/mol.